The van der Waals surface area contributed by atoms with E-state index in [1.165, 1.54) is 16.2 Å². The molecule has 1 saturated carbocycles. The van der Waals surface area contributed by atoms with Gasteiger partial charge in [-0.05, 0) is 12.8 Å². The molecule has 0 spiro atoms. The molecule has 1 aliphatic carbocycles. The van der Waals surface area contributed by atoms with Crippen molar-refractivity contribution in [3.05, 3.63) is 41.4 Å². The predicted octanol–water partition coefficient (Wildman–Crippen LogP) is 2.68. The SMILES string of the molecule is CN(C(=O)c1csc(-c2ccccc2)n1)C1(C(N)=O)CCCC1. The van der Waals surface area contributed by atoms with Crippen LogP contribution in [0.4, 0.5) is 0 Å². The third-order valence-electron chi connectivity index (χ3n) is 4.58. The van der Waals surface area contributed by atoms with Gasteiger partial charge in [-0.3, -0.25) is 9.59 Å². The minimum Gasteiger partial charge on any atom is -0.368 e. The van der Waals surface area contributed by atoms with E-state index in [1.807, 2.05) is 30.3 Å². The second-order valence-corrected chi connectivity index (χ2v) is 6.73. The lowest BCUT2D eigenvalue weighted by Crippen LogP contribution is -2.56. The smallest absolute Gasteiger partial charge is 0.273 e. The molecule has 0 radical (unpaired) electrons. The van der Waals surface area contributed by atoms with E-state index in [-0.39, 0.29) is 5.91 Å². The molecule has 1 aromatic heterocycles. The van der Waals surface area contributed by atoms with Crippen LogP contribution in [0.5, 0.6) is 0 Å². The molecular formula is C17H19N3O2S. The minimum atomic E-state index is -0.867. The zero-order valence-corrected chi connectivity index (χ0v) is 13.8. The van der Waals surface area contributed by atoms with Crippen molar-refractivity contribution in [1.82, 2.24) is 9.88 Å². The first-order chi connectivity index (χ1) is 11.0. The molecule has 0 atom stereocenters. The Morgan fingerprint density at radius 1 is 1.22 bits per heavy atom. The van der Waals surface area contributed by atoms with Crippen LogP contribution in [0.3, 0.4) is 0 Å². The lowest BCUT2D eigenvalue weighted by Gasteiger charge is -2.35. The molecule has 5 nitrogen and oxygen atoms in total. The summed E-state index contributed by atoms with van der Waals surface area (Å²) in [6, 6.07) is 9.72. The zero-order chi connectivity index (χ0) is 16.4. The van der Waals surface area contributed by atoms with Crippen LogP contribution < -0.4 is 5.73 Å². The van der Waals surface area contributed by atoms with Crippen LogP contribution in [0.15, 0.2) is 35.7 Å². The van der Waals surface area contributed by atoms with Crippen LogP contribution in [0.1, 0.15) is 36.2 Å². The number of amides is 2. The second-order valence-electron chi connectivity index (χ2n) is 5.87. The highest BCUT2D eigenvalue weighted by Gasteiger charge is 2.45. The monoisotopic (exact) mass is 329 g/mol. The van der Waals surface area contributed by atoms with Crippen molar-refractivity contribution in [3.8, 4) is 10.6 Å². The summed E-state index contributed by atoms with van der Waals surface area (Å²) in [5.41, 5.74) is 6.07. The summed E-state index contributed by atoms with van der Waals surface area (Å²) in [4.78, 5) is 30.6. The molecule has 2 N–H and O–H groups in total. The van der Waals surface area contributed by atoms with Gasteiger partial charge in [0.15, 0.2) is 0 Å². The lowest BCUT2D eigenvalue weighted by molar-refractivity contribution is -0.127. The number of nitrogens with two attached hydrogens (primary N) is 1. The van der Waals surface area contributed by atoms with Gasteiger partial charge in [-0.1, -0.05) is 43.2 Å². The van der Waals surface area contributed by atoms with E-state index in [9.17, 15) is 9.59 Å². The Hall–Kier alpha value is -2.21. The minimum absolute atomic E-state index is 0.246. The number of thiazole rings is 1. The summed E-state index contributed by atoms with van der Waals surface area (Å²) >= 11 is 1.42. The van der Waals surface area contributed by atoms with E-state index in [0.29, 0.717) is 18.5 Å². The predicted molar refractivity (Wildman–Crippen MR) is 90.0 cm³/mol. The summed E-state index contributed by atoms with van der Waals surface area (Å²) in [5.74, 6) is -0.673. The molecule has 1 aliphatic rings. The van der Waals surface area contributed by atoms with Crippen molar-refractivity contribution in [2.75, 3.05) is 7.05 Å². The van der Waals surface area contributed by atoms with Gasteiger partial charge in [0.05, 0.1) is 0 Å². The third-order valence-corrected chi connectivity index (χ3v) is 5.47. The van der Waals surface area contributed by atoms with Crippen molar-refractivity contribution in [3.63, 3.8) is 0 Å². The number of hydrogen-bond donors (Lipinski definition) is 1. The van der Waals surface area contributed by atoms with Crippen molar-refractivity contribution in [1.29, 1.82) is 0 Å². The molecule has 0 unspecified atom stereocenters. The highest BCUT2D eigenvalue weighted by atomic mass is 32.1. The number of rotatable bonds is 4. The highest BCUT2D eigenvalue weighted by molar-refractivity contribution is 7.13. The van der Waals surface area contributed by atoms with Crippen LogP contribution in [0.2, 0.25) is 0 Å². The molecule has 0 saturated heterocycles. The Kier molecular flexibility index (Phi) is 4.17. The summed E-state index contributed by atoms with van der Waals surface area (Å²) in [7, 11) is 1.65. The van der Waals surface area contributed by atoms with E-state index in [1.54, 1.807) is 12.4 Å². The normalized spacial score (nSPS) is 16.2. The fourth-order valence-electron chi connectivity index (χ4n) is 3.16. The summed E-state index contributed by atoms with van der Waals surface area (Å²) in [5, 5.41) is 2.53. The zero-order valence-electron chi connectivity index (χ0n) is 13.0. The number of hydrogen-bond acceptors (Lipinski definition) is 4. The molecule has 1 heterocycles. The van der Waals surface area contributed by atoms with E-state index in [4.69, 9.17) is 5.73 Å². The first-order valence-corrected chi connectivity index (χ1v) is 8.51. The van der Waals surface area contributed by atoms with E-state index in [2.05, 4.69) is 4.98 Å². The fourth-order valence-corrected chi connectivity index (χ4v) is 3.96. The van der Waals surface area contributed by atoms with Gasteiger partial charge in [-0.15, -0.1) is 11.3 Å². The Labute approximate surface area is 139 Å². The van der Waals surface area contributed by atoms with Crippen LogP contribution in [0, 0.1) is 0 Å². The lowest BCUT2D eigenvalue weighted by atomic mass is 9.94. The summed E-state index contributed by atoms with van der Waals surface area (Å²) in [6.07, 6.45) is 3.07. The van der Waals surface area contributed by atoms with E-state index >= 15 is 0 Å². The molecule has 6 heteroatoms. The standard InChI is InChI=1S/C17H19N3O2S/c1-20(17(16(18)22)9-5-6-10-17)15(21)13-11-23-14(19-13)12-7-3-2-4-8-12/h2-4,7-8,11H,5-6,9-10H2,1H3,(H2,18,22). The van der Waals surface area contributed by atoms with Gasteiger partial charge in [-0.25, -0.2) is 4.98 Å². The number of carbonyl (C=O) groups is 2. The van der Waals surface area contributed by atoms with Gasteiger partial charge in [0, 0.05) is 18.0 Å². The topological polar surface area (TPSA) is 76.3 Å². The molecule has 23 heavy (non-hydrogen) atoms. The number of nitrogens with zero attached hydrogens (tertiary/aromatic N) is 2. The quantitative estimate of drug-likeness (QED) is 0.937. The Bertz CT molecular complexity index is 720. The number of aromatic nitrogens is 1. The largest absolute Gasteiger partial charge is 0.368 e. The Morgan fingerprint density at radius 2 is 1.87 bits per heavy atom. The average molecular weight is 329 g/mol. The number of likely N-dealkylation sites (N-methyl/N-ethyl adjacent to an activating group) is 1. The average Bonchev–Trinajstić information content (AvgIpc) is 3.24. The maximum Gasteiger partial charge on any atom is 0.273 e. The highest BCUT2D eigenvalue weighted by Crippen LogP contribution is 2.35. The van der Waals surface area contributed by atoms with Crippen molar-refractivity contribution in [2.24, 2.45) is 5.73 Å². The number of primary amides is 1. The van der Waals surface area contributed by atoms with Crippen LogP contribution in [0.25, 0.3) is 10.6 Å². The van der Waals surface area contributed by atoms with Gasteiger partial charge < -0.3 is 10.6 Å². The van der Waals surface area contributed by atoms with Gasteiger partial charge in [0.25, 0.3) is 5.91 Å². The first-order valence-electron chi connectivity index (χ1n) is 7.63. The molecule has 0 bridgehead atoms. The second kappa shape index (κ2) is 6.12. The molecule has 3 rings (SSSR count). The molecule has 2 amide bonds. The Morgan fingerprint density at radius 3 is 2.48 bits per heavy atom. The van der Waals surface area contributed by atoms with Gasteiger partial charge in [0.1, 0.15) is 16.2 Å². The first kappa shape index (κ1) is 15.7. The maximum absolute atomic E-state index is 12.7. The maximum atomic E-state index is 12.7. The summed E-state index contributed by atoms with van der Waals surface area (Å²) < 4.78 is 0. The van der Waals surface area contributed by atoms with Gasteiger partial charge in [0.2, 0.25) is 5.91 Å². The van der Waals surface area contributed by atoms with Crippen molar-refractivity contribution >= 4 is 23.2 Å². The Balaban J connectivity index is 1.86. The third kappa shape index (κ3) is 2.74. The molecule has 1 fully saturated rings. The van der Waals surface area contributed by atoms with Gasteiger partial charge in [-0.2, -0.15) is 0 Å². The van der Waals surface area contributed by atoms with Crippen LogP contribution in [-0.4, -0.2) is 34.3 Å². The van der Waals surface area contributed by atoms with Crippen LogP contribution in [-0.2, 0) is 4.79 Å². The molecule has 2 aromatic rings. The van der Waals surface area contributed by atoms with Crippen LogP contribution >= 0.6 is 11.3 Å². The molecular weight excluding hydrogens is 310 g/mol. The molecule has 120 valence electrons. The van der Waals surface area contributed by atoms with E-state index in [0.717, 1.165) is 23.4 Å². The molecule has 0 aliphatic heterocycles. The number of benzene rings is 1. The van der Waals surface area contributed by atoms with Gasteiger partial charge >= 0.3 is 0 Å². The fraction of sp³-hybridized carbons (Fsp3) is 0.353. The van der Waals surface area contributed by atoms with Crippen molar-refractivity contribution < 1.29 is 9.59 Å². The van der Waals surface area contributed by atoms with Crippen molar-refractivity contribution in [2.45, 2.75) is 31.2 Å². The molecule has 1 aromatic carbocycles. The number of carbonyl (C=O) groups excluding carboxylic acids is 2. The van der Waals surface area contributed by atoms with E-state index < -0.39 is 11.4 Å². The summed E-state index contributed by atoms with van der Waals surface area (Å²) in [6.45, 7) is 0.